The number of hydrogen-bond donors (Lipinski definition) is 1. The van der Waals surface area contributed by atoms with Crippen LogP contribution in [0.15, 0.2) is 4.99 Å². The molecule has 0 aromatic rings. The zero-order valence-corrected chi connectivity index (χ0v) is 15.9. The minimum atomic E-state index is 0.398. The van der Waals surface area contributed by atoms with Crippen LogP contribution >= 0.6 is 0 Å². The second-order valence-electron chi connectivity index (χ2n) is 7.35. The molecule has 0 radical (unpaired) electrons. The minimum absolute atomic E-state index is 0.398. The van der Waals surface area contributed by atoms with Gasteiger partial charge in [0.15, 0.2) is 5.96 Å². The van der Waals surface area contributed by atoms with Gasteiger partial charge in [0, 0.05) is 47.0 Å². The van der Waals surface area contributed by atoms with Crippen LogP contribution in [0.4, 0.5) is 0 Å². The number of rotatable bonds is 7. The molecule has 0 amide bonds. The minimum Gasteiger partial charge on any atom is -0.385 e. The van der Waals surface area contributed by atoms with Crippen LogP contribution in [0.25, 0.3) is 0 Å². The van der Waals surface area contributed by atoms with E-state index in [1.54, 1.807) is 7.11 Å². The summed E-state index contributed by atoms with van der Waals surface area (Å²) < 4.78 is 11.0. The van der Waals surface area contributed by atoms with Gasteiger partial charge in [-0.15, -0.1) is 0 Å². The molecule has 2 atom stereocenters. The van der Waals surface area contributed by atoms with Crippen LogP contribution in [0.1, 0.15) is 51.9 Å². The first-order chi connectivity index (χ1) is 11.7. The number of aliphatic imine (C=N–C) groups is 1. The fraction of sp³-hybridized carbons (Fsp3) is 0.947. The predicted molar refractivity (Wildman–Crippen MR) is 99.5 cm³/mol. The third-order valence-corrected chi connectivity index (χ3v) is 5.61. The van der Waals surface area contributed by atoms with Crippen LogP contribution in [-0.2, 0) is 9.47 Å². The highest BCUT2D eigenvalue weighted by Crippen LogP contribution is 2.28. The summed E-state index contributed by atoms with van der Waals surface area (Å²) in [5.41, 5.74) is 0. The molecule has 2 fully saturated rings. The van der Waals surface area contributed by atoms with E-state index in [-0.39, 0.29) is 0 Å². The smallest absolute Gasteiger partial charge is 0.193 e. The maximum Gasteiger partial charge on any atom is 0.193 e. The van der Waals surface area contributed by atoms with Gasteiger partial charge in [0.05, 0.1) is 6.10 Å². The van der Waals surface area contributed by atoms with Crippen molar-refractivity contribution in [2.75, 3.05) is 47.0 Å². The molecule has 2 aliphatic rings. The van der Waals surface area contributed by atoms with Crippen LogP contribution in [0, 0.1) is 11.8 Å². The van der Waals surface area contributed by atoms with Crippen molar-refractivity contribution in [3.63, 3.8) is 0 Å². The Labute approximate surface area is 148 Å². The summed E-state index contributed by atoms with van der Waals surface area (Å²) in [6, 6.07) is 0. The Morgan fingerprint density at radius 2 is 1.88 bits per heavy atom. The molecular formula is C19H37N3O2. The Bertz CT molecular complexity index is 368. The van der Waals surface area contributed by atoms with Crippen molar-refractivity contribution in [1.82, 2.24) is 10.2 Å². The molecule has 5 nitrogen and oxygen atoms in total. The van der Waals surface area contributed by atoms with Crippen LogP contribution < -0.4 is 5.32 Å². The fourth-order valence-corrected chi connectivity index (χ4v) is 3.94. The summed E-state index contributed by atoms with van der Waals surface area (Å²) in [7, 11) is 3.64. The normalized spacial score (nSPS) is 26.6. The average Bonchev–Trinajstić information content (AvgIpc) is 2.62. The molecular weight excluding hydrogens is 302 g/mol. The van der Waals surface area contributed by atoms with Crippen LogP contribution in [-0.4, -0.2) is 64.0 Å². The summed E-state index contributed by atoms with van der Waals surface area (Å²) in [5, 5.41) is 3.63. The zero-order valence-electron chi connectivity index (χ0n) is 15.9. The molecule has 24 heavy (non-hydrogen) atoms. The van der Waals surface area contributed by atoms with Crippen LogP contribution in [0.2, 0.25) is 0 Å². The molecule has 1 aliphatic carbocycles. The first-order valence-electron chi connectivity index (χ1n) is 9.80. The van der Waals surface area contributed by atoms with Gasteiger partial charge in [-0.1, -0.05) is 26.2 Å². The van der Waals surface area contributed by atoms with E-state index in [0.717, 1.165) is 69.9 Å². The monoisotopic (exact) mass is 339 g/mol. The van der Waals surface area contributed by atoms with Crippen molar-refractivity contribution >= 4 is 5.96 Å². The van der Waals surface area contributed by atoms with E-state index in [1.165, 1.54) is 25.7 Å². The van der Waals surface area contributed by atoms with Gasteiger partial charge < -0.3 is 19.7 Å². The van der Waals surface area contributed by atoms with E-state index in [4.69, 9.17) is 9.47 Å². The summed E-state index contributed by atoms with van der Waals surface area (Å²) in [5.74, 6) is 2.72. The highest BCUT2D eigenvalue weighted by atomic mass is 16.5. The Balaban J connectivity index is 1.67. The van der Waals surface area contributed by atoms with Gasteiger partial charge in [-0.2, -0.15) is 0 Å². The zero-order chi connectivity index (χ0) is 17.2. The van der Waals surface area contributed by atoms with Crippen molar-refractivity contribution in [3.05, 3.63) is 0 Å². The van der Waals surface area contributed by atoms with Gasteiger partial charge in [0.1, 0.15) is 0 Å². The first-order valence-corrected chi connectivity index (χ1v) is 9.80. The number of likely N-dealkylation sites (tertiary alicyclic amines) is 1. The molecule has 0 aromatic carbocycles. The molecule has 2 rings (SSSR count). The molecule has 0 bridgehead atoms. The van der Waals surface area contributed by atoms with Crippen molar-refractivity contribution in [2.45, 2.75) is 58.0 Å². The Morgan fingerprint density at radius 3 is 2.54 bits per heavy atom. The quantitative estimate of drug-likeness (QED) is 0.440. The molecule has 1 aliphatic heterocycles. The molecule has 140 valence electrons. The number of nitrogens with zero attached hydrogens (tertiary/aromatic N) is 2. The maximum absolute atomic E-state index is 5.95. The predicted octanol–water partition coefficient (Wildman–Crippen LogP) is 2.91. The van der Waals surface area contributed by atoms with E-state index >= 15 is 0 Å². The maximum atomic E-state index is 5.95. The summed E-state index contributed by atoms with van der Waals surface area (Å²) in [6.07, 6.45) is 9.11. The van der Waals surface area contributed by atoms with Gasteiger partial charge in [-0.3, -0.25) is 4.99 Å². The molecule has 0 spiro atoms. The second kappa shape index (κ2) is 10.9. The lowest BCUT2D eigenvalue weighted by atomic mass is 9.80. The van der Waals surface area contributed by atoms with E-state index < -0.39 is 0 Å². The number of nitrogens with one attached hydrogen (secondary N) is 1. The van der Waals surface area contributed by atoms with Crippen molar-refractivity contribution in [1.29, 1.82) is 0 Å². The lowest BCUT2D eigenvalue weighted by Crippen LogP contribution is -2.48. The van der Waals surface area contributed by atoms with Gasteiger partial charge in [0.2, 0.25) is 0 Å². The van der Waals surface area contributed by atoms with Gasteiger partial charge in [-0.05, 0) is 37.5 Å². The van der Waals surface area contributed by atoms with E-state index in [1.807, 2.05) is 7.05 Å². The lowest BCUT2D eigenvalue weighted by Gasteiger charge is -2.35. The van der Waals surface area contributed by atoms with Crippen molar-refractivity contribution < 1.29 is 9.47 Å². The number of methoxy groups -OCH3 is 1. The van der Waals surface area contributed by atoms with Gasteiger partial charge >= 0.3 is 0 Å². The SMILES string of the molecule is CN=C(NCC1CCCCC1C)N1CCC(OCCCOC)CC1. The lowest BCUT2D eigenvalue weighted by molar-refractivity contribution is 0.00985. The first kappa shape index (κ1) is 19.5. The van der Waals surface area contributed by atoms with Gasteiger partial charge in [-0.25, -0.2) is 0 Å². The largest absolute Gasteiger partial charge is 0.385 e. The Hall–Kier alpha value is -0.810. The molecule has 1 saturated carbocycles. The molecule has 1 N–H and O–H groups in total. The fourth-order valence-electron chi connectivity index (χ4n) is 3.94. The second-order valence-corrected chi connectivity index (χ2v) is 7.35. The number of ether oxygens (including phenoxy) is 2. The van der Waals surface area contributed by atoms with Crippen LogP contribution in [0.5, 0.6) is 0 Å². The van der Waals surface area contributed by atoms with E-state index in [9.17, 15) is 0 Å². The molecule has 5 heteroatoms. The molecule has 1 saturated heterocycles. The van der Waals surface area contributed by atoms with Crippen LogP contribution in [0.3, 0.4) is 0 Å². The van der Waals surface area contributed by atoms with E-state index in [0.29, 0.717) is 6.10 Å². The van der Waals surface area contributed by atoms with Crippen molar-refractivity contribution in [2.24, 2.45) is 16.8 Å². The highest BCUT2D eigenvalue weighted by molar-refractivity contribution is 5.79. The summed E-state index contributed by atoms with van der Waals surface area (Å²) >= 11 is 0. The molecule has 1 heterocycles. The summed E-state index contributed by atoms with van der Waals surface area (Å²) in [6.45, 7) is 7.14. The number of piperidine rings is 1. The number of hydrogen-bond acceptors (Lipinski definition) is 3. The van der Waals surface area contributed by atoms with Gasteiger partial charge in [0.25, 0.3) is 0 Å². The summed E-state index contributed by atoms with van der Waals surface area (Å²) in [4.78, 5) is 6.90. The van der Waals surface area contributed by atoms with Crippen molar-refractivity contribution in [3.8, 4) is 0 Å². The standard InChI is InChI=1S/C19H37N3O2/c1-16-7-4-5-8-17(16)15-21-19(20-2)22-11-9-18(10-12-22)24-14-6-13-23-3/h16-18H,4-15H2,1-3H3,(H,20,21). The Morgan fingerprint density at radius 1 is 1.12 bits per heavy atom. The topological polar surface area (TPSA) is 46.1 Å². The number of guanidine groups is 1. The molecule has 2 unspecified atom stereocenters. The third kappa shape index (κ3) is 6.25. The molecule has 0 aromatic heterocycles. The average molecular weight is 340 g/mol. The Kier molecular flexibility index (Phi) is 8.89. The third-order valence-electron chi connectivity index (χ3n) is 5.61. The van der Waals surface area contributed by atoms with E-state index in [2.05, 4.69) is 22.1 Å². The highest BCUT2D eigenvalue weighted by Gasteiger charge is 2.24.